The molecule has 2 aromatic carbocycles. The van der Waals surface area contributed by atoms with Gasteiger partial charge in [0, 0.05) is 25.3 Å². The third-order valence-corrected chi connectivity index (χ3v) is 5.09. The maximum absolute atomic E-state index is 5.22. The zero-order chi connectivity index (χ0) is 18.5. The second kappa shape index (κ2) is 8.27. The lowest BCUT2D eigenvalue weighted by molar-refractivity contribution is 0.220. The molecule has 0 atom stereocenters. The molecule has 1 aliphatic rings. The first-order chi connectivity index (χ1) is 13.3. The molecule has 0 radical (unpaired) electrons. The first kappa shape index (κ1) is 17.6. The first-order valence-electron chi connectivity index (χ1n) is 9.53. The van der Waals surface area contributed by atoms with E-state index in [2.05, 4.69) is 44.0 Å². The molecule has 5 heteroatoms. The summed E-state index contributed by atoms with van der Waals surface area (Å²) >= 11 is 0. The normalized spacial score (nSPS) is 14.0. The monoisotopic (exact) mass is 362 g/mol. The Morgan fingerprint density at radius 3 is 2.63 bits per heavy atom. The number of rotatable bonds is 7. The fourth-order valence-electron chi connectivity index (χ4n) is 3.58. The highest BCUT2D eigenvalue weighted by molar-refractivity contribution is 5.53. The fourth-order valence-corrected chi connectivity index (χ4v) is 3.58. The minimum absolute atomic E-state index is 0.919. The van der Waals surface area contributed by atoms with Crippen LogP contribution >= 0.6 is 0 Å². The lowest BCUT2D eigenvalue weighted by atomic mass is 10.1. The number of ether oxygens (including phenoxy) is 1. The number of benzene rings is 2. The smallest absolute Gasteiger partial charge is 0.207 e. The highest BCUT2D eigenvalue weighted by atomic mass is 16.5. The lowest BCUT2D eigenvalue weighted by Gasteiger charge is -2.28. The molecule has 1 N–H and O–H groups in total. The van der Waals surface area contributed by atoms with Crippen molar-refractivity contribution in [3.63, 3.8) is 0 Å². The van der Waals surface area contributed by atoms with Crippen molar-refractivity contribution >= 4 is 11.6 Å². The van der Waals surface area contributed by atoms with Gasteiger partial charge >= 0.3 is 0 Å². The molecule has 3 aromatic rings. The summed E-state index contributed by atoms with van der Waals surface area (Å²) in [6.07, 6.45) is 4.26. The minimum atomic E-state index is 0.919. The van der Waals surface area contributed by atoms with Crippen LogP contribution in [0.3, 0.4) is 0 Å². The van der Waals surface area contributed by atoms with Gasteiger partial charge in [-0.3, -0.25) is 4.90 Å². The van der Waals surface area contributed by atoms with Crippen molar-refractivity contribution in [2.45, 2.75) is 25.9 Å². The zero-order valence-corrected chi connectivity index (χ0v) is 15.8. The van der Waals surface area contributed by atoms with Crippen LogP contribution in [0.25, 0.3) is 0 Å². The Morgan fingerprint density at radius 2 is 1.85 bits per heavy atom. The molecule has 0 spiro atoms. The van der Waals surface area contributed by atoms with Crippen molar-refractivity contribution in [2.75, 3.05) is 25.5 Å². The Balaban J connectivity index is 1.29. The second-order valence-corrected chi connectivity index (χ2v) is 6.94. The number of methoxy groups -OCH3 is 1. The quantitative estimate of drug-likeness (QED) is 0.688. The van der Waals surface area contributed by atoms with Gasteiger partial charge in [-0.1, -0.05) is 30.3 Å². The third kappa shape index (κ3) is 4.31. The number of hydrogen-bond donors (Lipinski definition) is 1. The van der Waals surface area contributed by atoms with Gasteiger partial charge in [-0.05, 0) is 49.2 Å². The van der Waals surface area contributed by atoms with Crippen LogP contribution < -0.4 is 10.1 Å². The summed E-state index contributed by atoms with van der Waals surface area (Å²) in [5, 5.41) is 3.42. The molecular weight excluding hydrogens is 336 g/mol. The average molecular weight is 362 g/mol. The summed E-state index contributed by atoms with van der Waals surface area (Å²) in [7, 11) is 1.71. The summed E-state index contributed by atoms with van der Waals surface area (Å²) in [4.78, 5) is 7.11. The molecule has 0 aliphatic carbocycles. The van der Waals surface area contributed by atoms with Crippen molar-refractivity contribution in [3.05, 3.63) is 72.1 Å². The van der Waals surface area contributed by atoms with E-state index in [1.165, 1.54) is 11.3 Å². The molecule has 0 amide bonds. The number of hydrogen-bond acceptors (Lipinski definition) is 4. The highest BCUT2D eigenvalue weighted by Crippen LogP contribution is 2.21. The number of anilines is 2. The molecule has 27 heavy (non-hydrogen) atoms. The van der Waals surface area contributed by atoms with Crippen LogP contribution in [0, 0.1) is 0 Å². The Kier molecular flexibility index (Phi) is 5.39. The SMILES string of the molecule is COc1ccc(CCCN2CCn3c(cnc3Nc3ccccc3)C2)cc1. The van der Waals surface area contributed by atoms with Gasteiger partial charge in [0.2, 0.25) is 5.95 Å². The van der Waals surface area contributed by atoms with E-state index in [4.69, 9.17) is 4.74 Å². The van der Waals surface area contributed by atoms with Crippen molar-refractivity contribution in [1.29, 1.82) is 0 Å². The Bertz CT molecular complexity index is 858. The largest absolute Gasteiger partial charge is 0.497 e. The van der Waals surface area contributed by atoms with Gasteiger partial charge in [0.05, 0.1) is 19.0 Å². The van der Waals surface area contributed by atoms with Gasteiger partial charge in [0.25, 0.3) is 0 Å². The van der Waals surface area contributed by atoms with Gasteiger partial charge in [-0.25, -0.2) is 4.98 Å². The van der Waals surface area contributed by atoms with E-state index in [0.717, 1.165) is 56.4 Å². The molecule has 1 aromatic heterocycles. The number of imidazole rings is 1. The molecule has 1 aliphatic heterocycles. The van der Waals surface area contributed by atoms with Gasteiger partial charge in [0.1, 0.15) is 5.75 Å². The van der Waals surface area contributed by atoms with Gasteiger partial charge in [-0.2, -0.15) is 0 Å². The number of aryl methyl sites for hydroxylation is 1. The summed E-state index contributed by atoms with van der Waals surface area (Å²) in [5.41, 5.74) is 3.73. The van der Waals surface area contributed by atoms with Gasteiger partial charge in [0.15, 0.2) is 0 Å². The maximum Gasteiger partial charge on any atom is 0.207 e. The number of para-hydroxylation sites is 1. The summed E-state index contributed by atoms with van der Waals surface area (Å²) in [6, 6.07) is 18.6. The molecule has 5 nitrogen and oxygen atoms in total. The summed E-state index contributed by atoms with van der Waals surface area (Å²) in [6.45, 7) is 4.12. The predicted octanol–water partition coefficient (Wildman–Crippen LogP) is 4.08. The minimum Gasteiger partial charge on any atom is -0.497 e. The van der Waals surface area contributed by atoms with E-state index < -0.39 is 0 Å². The third-order valence-electron chi connectivity index (χ3n) is 5.09. The predicted molar refractivity (Wildman–Crippen MR) is 109 cm³/mol. The molecule has 140 valence electrons. The Hall–Kier alpha value is -2.79. The van der Waals surface area contributed by atoms with Gasteiger partial charge < -0.3 is 14.6 Å². The molecule has 0 unspecified atom stereocenters. The molecule has 0 bridgehead atoms. The van der Waals surface area contributed by atoms with E-state index in [1.54, 1.807) is 7.11 Å². The molecule has 4 rings (SSSR count). The van der Waals surface area contributed by atoms with E-state index in [1.807, 2.05) is 36.5 Å². The zero-order valence-electron chi connectivity index (χ0n) is 15.8. The fraction of sp³-hybridized carbons (Fsp3) is 0.318. The Labute approximate surface area is 160 Å². The number of nitrogens with zero attached hydrogens (tertiary/aromatic N) is 3. The van der Waals surface area contributed by atoms with Gasteiger partial charge in [-0.15, -0.1) is 0 Å². The molecule has 0 saturated carbocycles. The standard InChI is InChI=1S/C22H26N4O/c1-27-21-11-9-18(10-12-21)6-5-13-25-14-15-26-20(17-25)16-23-22(26)24-19-7-3-2-4-8-19/h2-4,7-12,16H,5-6,13-15,17H2,1H3,(H,23,24). The van der Waals surface area contributed by atoms with E-state index in [-0.39, 0.29) is 0 Å². The lowest BCUT2D eigenvalue weighted by Crippen LogP contribution is -2.34. The second-order valence-electron chi connectivity index (χ2n) is 6.94. The maximum atomic E-state index is 5.22. The van der Waals surface area contributed by atoms with E-state index >= 15 is 0 Å². The van der Waals surface area contributed by atoms with Crippen LogP contribution in [0.2, 0.25) is 0 Å². The Morgan fingerprint density at radius 1 is 1.04 bits per heavy atom. The highest BCUT2D eigenvalue weighted by Gasteiger charge is 2.19. The summed E-state index contributed by atoms with van der Waals surface area (Å²) in [5.74, 6) is 1.86. The number of aromatic nitrogens is 2. The van der Waals surface area contributed by atoms with Crippen LogP contribution in [0.4, 0.5) is 11.6 Å². The van der Waals surface area contributed by atoms with Crippen LogP contribution in [-0.4, -0.2) is 34.7 Å². The molecule has 2 heterocycles. The summed E-state index contributed by atoms with van der Waals surface area (Å²) < 4.78 is 7.52. The van der Waals surface area contributed by atoms with Crippen LogP contribution in [0.5, 0.6) is 5.75 Å². The number of fused-ring (bicyclic) bond motifs is 1. The molecule has 0 saturated heterocycles. The molecule has 0 fully saturated rings. The van der Waals surface area contributed by atoms with Crippen molar-refractivity contribution in [2.24, 2.45) is 0 Å². The van der Waals surface area contributed by atoms with Crippen LogP contribution in [0.15, 0.2) is 60.8 Å². The topological polar surface area (TPSA) is 42.3 Å². The first-order valence-corrected chi connectivity index (χ1v) is 9.53. The van der Waals surface area contributed by atoms with Crippen molar-refractivity contribution in [3.8, 4) is 5.75 Å². The number of nitrogens with one attached hydrogen (secondary N) is 1. The van der Waals surface area contributed by atoms with E-state index in [0.29, 0.717) is 0 Å². The van der Waals surface area contributed by atoms with Crippen molar-refractivity contribution < 1.29 is 4.74 Å². The van der Waals surface area contributed by atoms with Crippen molar-refractivity contribution in [1.82, 2.24) is 14.5 Å². The van der Waals surface area contributed by atoms with Crippen LogP contribution in [-0.2, 0) is 19.5 Å². The average Bonchev–Trinajstić information content (AvgIpc) is 3.11. The van der Waals surface area contributed by atoms with E-state index in [9.17, 15) is 0 Å². The molecular formula is C22H26N4O. The van der Waals surface area contributed by atoms with Crippen LogP contribution in [0.1, 0.15) is 17.7 Å².